The molecule has 0 bridgehead atoms. The van der Waals surface area contributed by atoms with Crippen molar-refractivity contribution in [1.82, 2.24) is 19.8 Å². The molecule has 0 amide bonds. The van der Waals surface area contributed by atoms with Crippen molar-refractivity contribution in [3.05, 3.63) is 64.7 Å². The third-order valence-electron chi connectivity index (χ3n) is 3.83. The monoisotopic (exact) mass is 348 g/mol. The molecule has 2 heterocycles. The normalized spacial score (nSPS) is 11.4. The molecule has 25 heavy (non-hydrogen) atoms. The van der Waals surface area contributed by atoms with Gasteiger partial charge >= 0.3 is 0 Å². The van der Waals surface area contributed by atoms with Crippen LogP contribution >= 0.6 is 11.3 Å². The molecule has 2 aromatic heterocycles. The van der Waals surface area contributed by atoms with Crippen molar-refractivity contribution in [3.8, 4) is 17.1 Å². The van der Waals surface area contributed by atoms with Gasteiger partial charge in [0.25, 0.3) is 0 Å². The van der Waals surface area contributed by atoms with E-state index < -0.39 is 0 Å². The van der Waals surface area contributed by atoms with Gasteiger partial charge < -0.3 is 4.74 Å². The van der Waals surface area contributed by atoms with Crippen LogP contribution in [0.5, 0.6) is 5.75 Å². The van der Waals surface area contributed by atoms with Crippen molar-refractivity contribution >= 4 is 28.4 Å². The molecule has 124 valence electrons. The Kier molecular flexibility index (Phi) is 4.03. The van der Waals surface area contributed by atoms with Gasteiger partial charge in [0.1, 0.15) is 10.8 Å². The summed E-state index contributed by atoms with van der Waals surface area (Å²) in [5, 5.41) is 14.0. The summed E-state index contributed by atoms with van der Waals surface area (Å²) in [5.74, 6) is 1.59. The van der Waals surface area contributed by atoms with Crippen LogP contribution in [-0.2, 0) is 0 Å². The van der Waals surface area contributed by atoms with Gasteiger partial charge in [0.15, 0.2) is 5.82 Å². The minimum Gasteiger partial charge on any atom is -0.496 e. The van der Waals surface area contributed by atoms with Gasteiger partial charge in [0, 0.05) is 11.1 Å². The van der Waals surface area contributed by atoms with Crippen molar-refractivity contribution in [1.29, 1.82) is 0 Å². The van der Waals surface area contributed by atoms with E-state index in [1.807, 2.05) is 48.6 Å². The molecule has 0 aliphatic carbocycles. The number of methoxy groups -OCH3 is 1. The van der Waals surface area contributed by atoms with Crippen molar-refractivity contribution in [2.75, 3.05) is 7.11 Å². The summed E-state index contributed by atoms with van der Waals surface area (Å²) in [6.07, 6.45) is 3.97. The summed E-state index contributed by atoms with van der Waals surface area (Å²) < 4.78 is 7.16. The van der Waals surface area contributed by atoms with Gasteiger partial charge in [-0.3, -0.25) is 0 Å². The molecular formula is C19H16N4OS. The topological polar surface area (TPSA) is 52.3 Å². The number of fused-ring (bicyclic) bond motifs is 1. The minimum atomic E-state index is 0.756. The quantitative estimate of drug-likeness (QED) is 0.550. The second-order valence-corrected chi connectivity index (χ2v) is 6.59. The maximum absolute atomic E-state index is 5.37. The Morgan fingerprint density at radius 1 is 1.04 bits per heavy atom. The Balaban J connectivity index is 1.70. The van der Waals surface area contributed by atoms with Gasteiger partial charge in [0.05, 0.1) is 7.11 Å². The molecule has 0 unspecified atom stereocenters. The lowest BCUT2D eigenvalue weighted by molar-refractivity contribution is 0.414. The van der Waals surface area contributed by atoms with Crippen LogP contribution in [0.15, 0.2) is 48.5 Å². The third-order valence-corrected chi connectivity index (χ3v) is 4.69. The molecule has 5 nitrogen and oxygen atoms in total. The molecule has 0 saturated carbocycles. The number of rotatable bonds is 4. The van der Waals surface area contributed by atoms with Gasteiger partial charge in [-0.2, -0.15) is 9.61 Å². The molecule has 0 radical (unpaired) electrons. The molecule has 0 spiro atoms. The van der Waals surface area contributed by atoms with Crippen LogP contribution in [0.25, 0.3) is 28.5 Å². The number of ether oxygens (including phenoxy) is 1. The summed E-state index contributed by atoms with van der Waals surface area (Å²) in [6.45, 7) is 2.06. The fourth-order valence-electron chi connectivity index (χ4n) is 2.63. The average Bonchev–Trinajstić information content (AvgIpc) is 3.20. The number of nitrogens with zero attached hydrogens (tertiary/aromatic N) is 4. The van der Waals surface area contributed by atoms with Crippen LogP contribution in [0.2, 0.25) is 0 Å². The van der Waals surface area contributed by atoms with E-state index in [2.05, 4.69) is 34.4 Å². The number of hydrogen-bond acceptors (Lipinski definition) is 5. The second kappa shape index (κ2) is 6.49. The molecule has 0 aliphatic heterocycles. The van der Waals surface area contributed by atoms with Gasteiger partial charge in [-0.1, -0.05) is 53.3 Å². The zero-order valence-corrected chi connectivity index (χ0v) is 14.7. The van der Waals surface area contributed by atoms with E-state index in [9.17, 15) is 0 Å². The fourth-order valence-corrected chi connectivity index (χ4v) is 3.37. The Bertz CT molecular complexity index is 1060. The minimum absolute atomic E-state index is 0.756. The molecule has 0 saturated heterocycles. The summed E-state index contributed by atoms with van der Waals surface area (Å²) in [4.78, 5) is 0.774. The second-order valence-electron chi connectivity index (χ2n) is 5.60. The summed E-state index contributed by atoms with van der Waals surface area (Å²) in [7, 11) is 1.67. The predicted octanol–water partition coefficient (Wildman–Crippen LogP) is 4.34. The lowest BCUT2D eigenvalue weighted by Crippen LogP contribution is -1.91. The molecule has 0 fully saturated rings. The van der Waals surface area contributed by atoms with Gasteiger partial charge in [-0.05, 0) is 31.2 Å². The maximum Gasteiger partial charge on any atom is 0.235 e. The summed E-state index contributed by atoms with van der Waals surface area (Å²) in [5.41, 5.74) is 3.20. The van der Waals surface area contributed by atoms with E-state index in [1.54, 1.807) is 11.6 Å². The highest BCUT2D eigenvalue weighted by molar-refractivity contribution is 7.17. The van der Waals surface area contributed by atoms with E-state index >= 15 is 0 Å². The van der Waals surface area contributed by atoms with Crippen LogP contribution in [0, 0.1) is 6.92 Å². The van der Waals surface area contributed by atoms with Crippen molar-refractivity contribution in [2.24, 2.45) is 0 Å². The van der Waals surface area contributed by atoms with Crippen molar-refractivity contribution in [2.45, 2.75) is 6.92 Å². The number of para-hydroxylation sites is 1. The van der Waals surface area contributed by atoms with Crippen LogP contribution in [0.4, 0.5) is 0 Å². The lowest BCUT2D eigenvalue weighted by atomic mass is 10.1. The first-order valence-electron chi connectivity index (χ1n) is 7.85. The molecule has 6 heteroatoms. The van der Waals surface area contributed by atoms with Gasteiger partial charge in [-0.25, -0.2) is 0 Å². The van der Waals surface area contributed by atoms with Crippen LogP contribution < -0.4 is 4.74 Å². The molecule has 4 aromatic rings. The van der Waals surface area contributed by atoms with E-state index in [0.717, 1.165) is 32.7 Å². The Hall–Kier alpha value is -2.99. The van der Waals surface area contributed by atoms with Gasteiger partial charge in [0.2, 0.25) is 4.96 Å². The van der Waals surface area contributed by atoms with Gasteiger partial charge in [-0.15, -0.1) is 10.2 Å². The first-order chi connectivity index (χ1) is 12.2. The van der Waals surface area contributed by atoms with Crippen molar-refractivity contribution < 1.29 is 4.74 Å². The third kappa shape index (κ3) is 3.04. The van der Waals surface area contributed by atoms with Crippen LogP contribution in [0.3, 0.4) is 0 Å². The van der Waals surface area contributed by atoms with E-state index in [0.29, 0.717) is 0 Å². The first kappa shape index (κ1) is 15.5. The van der Waals surface area contributed by atoms with E-state index in [4.69, 9.17) is 4.74 Å². The highest BCUT2D eigenvalue weighted by atomic mass is 32.1. The molecule has 0 atom stereocenters. The van der Waals surface area contributed by atoms with E-state index in [-0.39, 0.29) is 0 Å². The molecule has 4 rings (SSSR count). The number of benzene rings is 2. The van der Waals surface area contributed by atoms with Crippen LogP contribution in [0.1, 0.15) is 16.1 Å². The number of aromatic nitrogens is 4. The highest BCUT2D eigenvalue weighted by Gasteiger charge is 2.12. The standard InChI is InChI=1S/C19H16N4OS/c1-13-6-5-8-15(12-13)18-20-21-19-23(18)22-17(25-19)11-10-14-7-3-4-9-16(14)24-2/h3-12H,1-2H3. The maximum atomic E-state index is 5.37. The summed E-state index contributed by atoms with van der Waals surface area (Å²) in [6, 6.07) is 16.1. The summed E-state index contributed by atoms with van der Waals surface area (Å²) >= 11 is 1.50. The Morgan fingerprint density at radius 2 is 1.92 bits per heavy atom. The Morgan fingerprint density at radius 3 is 2.76 bits per heavy atom. The molecular weight excluding hydrogens is 332 g/mol. The highest BCUT2D eigenvalue weighted by Crippen LogP contribution is 2.24. The smallest absolute Gasteiger partial charge is 0.235 e. The molecule has 0 N–H and O–H groups in total. The average molecular weight is 348 g/mol. The van der Waals surface area contributed by atoms with E-state index in [1.165, 1.54) is 16.9 Å². The predicted molar refractivity (Wildman–Crippen MR) is 101 cm³/mol. The zero-order valence-electron chi connectivity index (χ0n) is 13.9. The lowest BCUT2D eigenvalue weighted by Gasteiger charge is -2.02. The molecule has 0 aliphatic rings. The zero-order chi connectivity index (χ0) is 17.2. The number of aryl methyl sites for hydroxylation is 1. The molecule has 2 aromatic carbocycles. The van der Waals surface area contributed by atoms with Crippen molar-refractivity contribution in [3.63, 3.8) is 0 Å². The SMILES string of the molecule is COc1ccccc1C=Cc1nn2c(-c3cccc(C)c3)nnc2s1. The largest absolute Gasteiger partial charge is 0.496 e. The first-order valence-corrected chi connectivity index (χ1v) is 8.66. The van der Waals surface area contributed by atoms with Crippen LogP contribution in [-0.4, -0.2) is 26.9 Å². The Labute approximate surface area is 149 Å². The fraction of sp³-hybridized carbons (Fsp3) is 0.105. The number of hydrogen-bond donors (Lipinski definition) is 0.